The first-order valence-electron chi connectivity index (χ1n) is 8.34. The molecule has 5 N–H and O–H groups in total. The highest BCUT2D eigenvalue weighted by Gasteiger charge is 2.09. The first kappa shape index (κ1) is 19.5. The van der Waals surface area contributed by atoms with E-state index in [9.17, 15) is 8.42 Å². The van der Waals surface area contributed by atoms with E-state index in [0.29, 0.717) is 29.7 Å². The van der Waals surface area contributed by atoms with E-state index >= 15 is 0 Å². The zero-order chi connectivity index (χ0) is 20.0. The van der Waals surface area contributed by atoms with Gasteiger partial charge in [0.2, 0.25) is 5.95 Å². The Hall–Kier alpha value is -3.21. The Morgan fingerprint density at radius 2 is 1.64 bits per heavy atom. The van der Waals surface area contributed by atoms with Gasteiger partial charge in [0.1, 0.15) is 0 Å². The molecule has 0 aliphatic rings. The molecule has 0 aliphatic heterocycles. The number of hydrogen-bond acceptors (Lipinski definition) is 8. The van der Waals surface area contributed by atoms with Crippen molar-refractivity contribution in [3.63, 3.8) is 0 Å². The number of aromatic nitrogens is 2. The second kappa shape index (κ2) is 8.65. The standard InChI is InChI=1S/C18H19N5O4S/c24-11-10-19-18-20-16(13-4-2-1-3-5-13)12-17(21-18)23-22-14-6-8-15(9-7-14)28(25,26)27/h1-9,12,22,24H,10-11H2,(H,25,26,27)(H2,19,20,21,23). The van der Waals surface area contributed by atoms with Crippen molar-refractivity contribution in [3.05, 3.63) is 60.7 Å². The van der Waals surface area contributed by atoms with E-state index in [1.165, 1.54) is 24.3 Å². The zero-order valence-corrected chi connectivity index (χ0v) is 15.5. The Morgan fingerprint density at radius 3 is 2.29 bits per heavy atom. The van der Waals surface area contributed by atoms with E-state index < -0.39 is 10.1 Å². The summed E-state index contributed by atoms with van der Waals surface area (Å²) in [7, 11) is -4.23. The third kappa shape index (κ3) is 5.16. The van der Waals surface area contributed by atoms with E-state index in [1.807, 2.05) is 30.3 Å². The summed E-state index contributed by atoms with van der Waals surface area (Å²) in [6.07, 6.45) is 0. The highest BCUT2D eigenvalue weighted by atomic mass is 32.2. The molecule has 3 aromatic rings. The van der Waals surface area contributed by atoms with Gasteiger partial charge in [0.25, 0.3) is 10.1 Å². The van der Waals surface area contributed by atoms with Gasteiger partial charge in [-0.3, -0.25) is 15.4 Å². The summed E-state index contributed by atoms with van der Waals surface area (Å²) < 4.78 is 31.2. The molecule has 2 aromatic carbocycles. The molecule has 10 heteroatoms. The fourth-order valence-corrected chi connectivity index (χ4v) is 2.84. The molecule has 0 bridgehead atoms. The number of hydrogen-bond donors (Lipinski definition) is 5. The second-order valence-corrected chi connectivity index (χ2v) is 7.15. The van der Waals surface area contributed by atoms with E-state index in [0.717, 1.165) is 5.56 Å². The van der Waals surface area contributed by atoms with Gasteiger partial charge in [-0.15, -0.1) is 0 Å². The summed E-state index contributed by atoms with van der Waals surface area (Å²) >= 11 is 0. The molecule has 9 nitrogen and oxygen atoms in total. The van der Waals surface area contributed by atoms with Crippen LogP contribution < -0.4 is 16.2 Å². The van der Waals surface area contributed by atoms with Crippen LogP contribution in [0, 0.1) is 0 Å². The van der Waals surface area contributed by atoms with Crippen molar-refractivity contribution in [2.45, 2.75) is 4.90 Å². The normalized spacial score (nSPS) is 11.1. The van der Waals surface area contributed by atoms with Gasteiger partial charge >= 0.3 is 0 Å². The number of anilines is 3. The molecule has 0 fully saturated rings. The van der Waals surface area contributed by atoms with Crippen molar-refractivity contribution in [1.29, 1.82) is 0 Å². The predicted molar refractivity (Wildman–Crippen MR) is 107 cm³/mol. The molecule has 0 amide bonds. The number of rotatable bonds is 8. The lowest BCUT2D eigenvalue weighted by Crippen LogP contribution is -2.14. The Bertz CT molecular complexity index is 1030. The number of aliphatic hydroxyl groups excluding tert-OH is 1. The molecular weight excluding hydrogens is 382 g/mol. The summed E-state index contributed by atoms with van der Waals surface area (Å²) in [5, 5.41) is 11.9. The van der Waals surface area contributed by atoms with Crippen LogP contribution in [-0.4, -0.2) is 41.2 Å². The molecule has 0 saturated heterocycles. The van der Waals surface area contributed by atoms with Crippen LogP contribution in [0.25, 0.3) is 11.3 Å². The average Bonchev–Trinajstić information content (AvgIpc) is 2.71. The fraction of sp³-hybridized carbons (Fsp3) is 0.111. The Labute approximate surface area is 162 Å². The van der Waals surface area contributed by atoms with Gasteiger partial charge in [-0.1, -0.05) is 30.3 Å². The first-order chi connectivity index (χ1) is 13.5. The van der Waals surface area contributed by atoms with Gasteiger partial charge in [-0.05, 0) is 24.3 Å². The zero-order valence-electron chi connectivity index (χ0n) is 14.7. The lowest BCUT2D eigenvalue weighted by molar-refractivity contribution is 0.311. The minimum atomic E-state index is -4.23. The molecule has 0 unspecified atom stereocenters. The lowest BCUT2D eigenvalue weighted by atomic mass is 10.1. The smallest absolute Gasteiger partial charge is 0.294 e. The summed E-state index contributed by atoms with van der Waals surface area (Å²) in [6, 6.07) is 16.9. The van der Waals surface area contributed by atoms with Crippen LogP contribution in [0.15, 0.2) is 65.6 Å². The second-order valence-electron chi connectivity index (χ2n) is 5.73. The maximum atomic E-state index is 11.1. The van der Waals surface area contributed by atoms with Crippen LogP contribution in [0.4, 0.5) is 17.5 Å². The van der Waals surface area contributed by atoms with Crippen LogP contribution in [0.5, 0.6) is 0 Å². The molecule has 0 saturated carbocycles. The van der Waals surface area contributed by atoms with Gasteiger partial charge < -0.3 is 10.4 Å². The molecule has 0 radical (unpaired) electrons. The summed E-state index contributed by atoms with van der Waals surface area (Å²) in [5.74, 6) is 0.814. The minimum Gasteiger partial charge on any atom is -0.395 e. The highest BCUT2D eigenvalue weighted by Crippen LogP contribution is 2.21. The molecule has 3 rings (SSSR count). The Morgan fingerprint density at radius 1 is 0.929 bits per heavy atom. The van der Waals surface area contributed by atoms with Crippen LogP contribution >= 0.6 is 0 Å². The summed E-state index contributed by atoms with van der Waals surface area (Å²) in [4.78, 5) is 8.57. The minimum absolute atomic E-state index is 0.0555. The van der Waals surface area contributed by atoms with Crippen LogP contribution in [0.1, 0.15) is 0 Å². The number of nitrogens with one attached hydrogen (secondary N) is 3. The monoisotopic (exact) mass is 401 g/mol. The maximum Gasteiger partial charge on any atom is 0.294 e. The molecule has 0 spiro atoms. The number of nitrogens with zero attached hydrogens (tertiary/aromatic N) is 2. The van der Waals surface area contributed by atoms with Crippen molar-refractivity contribution in [3.8, 4) is 11.3 Å². The molecule has 0 atom stereocenters. The average molecular weight is 401 g/mol. The first-order valence-corrected chi connectivity index (χ1v) is 9.78. The molecule has 0 aliphatic carbocycles. The van der Waals surface area contributed by atoms with Crippen molar-refractivity contribution in [2.75, 3.05) is 29.3 Å². The van der Waals surface area contributed by atoms with Gasteiger partial charge in [0.05, 0.1) is 22.9 Å². The van der Waals surface area contributed by atoms with Gasteiger partial charge in [-0.25, -0.2) is 4.98 Å². The van der Waals surface area contributed by atoms with E-state index in [2.05, 4.69) is 26.1 Å². The third-order valence-electron chi connectivity index (χ3n) is 3.68. The number of hydrazine groups is 1. The van der Waals surface area contributed by atoms with Gasteiger partial charge in [-0.2, -0.15) is 13.4 Å². The summed E-state index contributed by atoms with van der Waals surface area (Å²) in [6.45, 7) is 0.252. The number of benzene rings is 2. The highest BCUT2D eigenvalue weighted by molar-refractivity contribution is 7.85. The van der Waals surface area contributed by atoms with Crippen LogP contribution in [0.2, 0.25) is 0 Å². The van der Waals surface area contributed by atoms with Gasteiger partial charge in [0.15, 0.2) is 5.82 Å². The van der Waals surface area contributed by atoms with Crippen molar-refractivity contribution < 1.29 is 18.1 Å². The SMILES string of the molecule is O=S(=O)(O)c1ccc(NNc2cc(-c3ccccc3)nc(NCCO)n2)cc1. The number of aliphatic hydroxyl groups is 1. The van der Waals surface area contributed by atoms with Crippen molar-refractivity contribution in [2.24, 2.45) is 0 Å². The van der Waals surface area contributed by atoms with E-state index in [-0.39, 0.29) is 11.5 Å². The van der Waals surface area contributed by atoms with E-state index in [4.69, 9.17) is 9.66 Å². The Kier molecular flexibility index (Phi) is 6.04. The maximum absolute atomic E-state index is 11.1. The van der Waals surface area contributed by atoms with Crippen LogP contribution in [0.3, 0.4) is 0 Å². The molecule has 28 heavy (non-hydrogen) atoms. The van der Waals surface area contributed by atoms with Gasteiger partial charge in [0, 0.05) is 18.2 Å². The quantitative estimate of drug-likeness (QED) is 0.284. The molecule has 146 valence electrons. The summed E-state index contributed by atoms with van der Waals surface area (Å²) in [5.41, 5.74) is 7.99. The third-order valence-corrected chi connectivity index (χ3v) is 4.55. The molecule has 1 aromatic heterocycles. The topological polar surface area (TPSA) is 136 Å². The predicted octanol–water partition coefficient (Wildman–Crippen LogP) is 2.23. The fourth-order valence-electron chi connectivity index (χ4n) is 2.36. The van der Waals surface area contributed by atoms with Crippen molar-refractivity contribution in [1.82, 2.24) is 9.97 Å². The van der Waals surface area contributed by atoms with Crippen molar-refractivity contribution >= 4 is 27.6 Å². The Balaban J connectivity index is 1.80. The van der Waals surface area contributed by atoms with E-state index in [1.54, 1.807) is 6.07 Å². The van der Waals surface area contributed by atoms with Crippen LogP contribution in [-0.2, 0) is 10.1 Å². The largest absolute Gasteiger partial charge is 0.395 e. The molecular formula is C18H19N5O4S. The lowest BCUT2D eigenvalue weighted by Gasteiger charge is -2.13. The molecule has 1 heterocycles.